The highest BCUT2D eigenvalue weighted by Crippen LogP contribution is 2.32. The average Bonchev–Trinajstić information content (AvgIpc) is 3.19. The van der Waals surface area contributed by atoms with Gasteiger partial charge < -0.3 is 10.1 Å². The second kappa shape index (κ2) is 7.51. The maximum atomic E-state index is 12.3. The number of benzene rings is 1. The van der Waals surface area contributed by atoms with Crippen LogP contribution in [0.5, 0.6) is 0 Å². The molecular formula is C16H9N7O3S. The Hall–Kier alpha value is -3.96. The van der Waals surface area contributed by atoms with Gasteiger partial charge in [-0.3, -0.25) is 4.79 Å². The van der Waals surface area contributed by atoms with Crippen LogP contribution in [0.4, 0.5) is 0 Å². The van der Waals surface area contributed by atoms with Gasteiger partial charge >= 0.3 is 5.97 Å². The number of hydrogen-bond acceptors (Lipinski definition) is 8. The van der Waals surface area contributed by atoms with Gasteiger partial charge in [0.05, 0.1) is 21.9 Å². The number of rotatable bonds is 5. The highest BCUT2D eigenvalue weighted by molar-refractivity contribution is 7.98. The highest BCUT2D eigenvalue weighted by Gasteiger charge is 2.20. The molecule has 0 aliphatic heterocycles. The Bertz CT molecular complexity index is 1160. The largest absolute Gasteiger partial charge is 0.478 e. The maximum absolute atomic E-state index is 12.3. The van der Waals surface area contributed by atoms with Crippen LogP contribution in [-0.4, -0.2) is 36.7 Å². The Morgan fingerprint density at radius 2 is 2.04 bits per heavy atom. The smallest absolute Gasteiger partial charge is 0.335 e. The van der Waals surface area contributed by atoms with Crippen molar-refractivity contribution < 1.29 is 9.90 Å². The second-order valence-electron chi connectivity index (χ2n) is 5.13. The van der Waals surface area contributed by atoms with Crippen molar-refractivity contribution in [1.82, 2.24) is 25.6 Å². The molecule has 0 amide bonds. The topological polar surface area (TPSA) is 172 Å². The molecule has 2 heterocycles. The van der Waals surface area contributed by atoms with Crippen molar-refractivity contribution in [2.24, 2.45) is 0 Å². The summed E-state index contributed by atoms with van der Waals surface area (Å²) >= 11 is 1.09. The Morgan fingerprint density at radius 3 is 2.67 bits per heavy atom. The van der Waals surface area contributed by atoms with Crippen LogP contribution in [0, 0.1) is 22.7 Å². The van der Waals surface area contributed by atoms with E-state index in [-0.39, 0.29) is 38.6 Å². The standard InChI is InChI=1S/C16H9N7O3S/c17-5-10-13(8-2-1-3-9(4-8)16(25)26)11(6-18)15(19-14(10)24)27-7-12-20-22-23-21-12/h1-4H,7H2,(H,19,24)(H,25,26)(H,20,21,22,23). The number of aromatic nitrogens is 5. The van der Waals surface area contributed by atoms with Crippen LogP contribution >= 0.6 is 11.8 Å². The van der Waals surface area contributed by atoms with Crippen LogP contribution in [0.15, 0.2) is 34.1 Å². The van der Waals surface area contributed by atoms with Crippen LogP contribution in [0.1, 0.15) is 27.3 Å². The Kier molecular flexibility index (Phi) is 4.97. The van der Waals surface area contributed by atoms with Gasteiger partial charge in [0.1, 0.15) is 17.7 Å². The molecule has 0 aliphatic carbocycles. The summed E-state index contributed by atoms with van der Waals surface area (Å²) < 4.78 is 0. The highest BCUT2D eigenvalue weighted by atomic mass is 32.2. The monoisotopic (exact) mass is 379 g/mol. The van der Waals surface area contributed by atoms with E-state index in [4.69, 9.17) is 0 Å². The molecule has 1 aromatic carbocycles. The van der Waals surface area contributed by atoms with Gasteiger partial charge in [0.2, 0.25) is 0 Å². The quantitative estimate of drug-likeness (QED) is 0.552. The minimum absolute atomic E-state index is 0.0263. The van der Waals surface area contributed by atoms with E-state index in [1.165, 1.54) is 24.3 Å². The molecule has 3 N–H and O–H groups in total. The van der Waals surface area contributed by atoms with Gasteiger partial charge in [-0.05, 0) is 17.7 Å². The summed E-state index contributed by atoms with van der Waals surface area (Å²) in [5.74, 6) is -0.573. The molecule has 3 rings (SSSR count). The first-order chi connectivity index (χ1) is 13.0. The number of nitrogens with one attached hydrogen (secondary N) is 2. The van der Waals surface area contributed by atoms with Gasteiger partial charge in [-0.1, -0.05) is 29.1 Å². The number of nitriles is 2. The minimum atomic E-state index is -1.16. The average molecular weight is 379 g/mol. The number of hydrogen-bond donors (Lipinski definition) is 3. The van der Waals surface area contributed by atoms with E-state index >= 15 is 0 Å². The van der Waals surface area contributed by atoms with Crippen molar-refractivity contribution in [2.45, 2.75) is 10.8 Å². The number of H-pyrrole nitrogens is 2. The summed E-state index contributed by atoms with van der Waals surface area (Å²) in [5, 5.41) is 41.8. The SMILES string of the molecule is N#Cc1c(SCc2nn[nH]n2)[nH]c(=O)c(C#N)c1-c1cccc(C(=O)O)c1. The van der Waals surface area contributed by atoms with Crippen LogP contribution in [0.25, 0.3) is 11.1 Å². The van der Waals surface area contributed by atoms with Crippen LogP contribution in [-0.2, 0) is 5.75 Å². The van der Waals surface area contributed by atoms with E-state index in [2.05, 4.69) is 25.6 Å². The third kappa shape index (κ3) is 3.53. The molecule has 0 fully saturated rings. The Labute approximate surface area is 155 Å². The fraction of sp³-hybridized carbons (Fsp3) is 0.0625. The predicted molar refractivity (Wildman–Crippen MR) is 92.6 cm³/mol. The second-order valence-corrected chi connectivity index (χ2v) is 6.12. The molecular weight excluding hydrogens is 370 g/mol. The molecule has 0 saturated heterocycles. The zero-order chi connectivity index (χ0) is 19.4. The van der Waals surface area contributed by atoms with Crippen molar-refractivity contribution in [3.05, 3.63) is 57.1 Å². The molecule has 0 aliphatic rings. The molecule has 132 valence electrons. The molecule has 27 heavy (non-hydrogen) atoms. The lowest BCUT2D eigenvalue weighted by Crippen LogP contribution is -2.15. The van der Waals surface area contributed by atoms with Gasteiger partial charge in [-0.15, -0.1) is 10.2 Å². The lowest BCUT2D eigenvalue weighted by molar-refractivity contribution is 0.0697. The Balaban J connectivity index is 2.18. The predicted octanol–water partition coefficient (Wildman–Crippen LogP) is 1.29. The van der Waals surface area contributed by atoms with Gasteiger partial charge in [-0.25, -0.2) is 4.79 Å². The molecule has 0 bridgehead atoms. The molecule has 10 nitrogen and oxygen atoms in total. The van der Waals surface area contributed by atoms with Crippen molar-refractivity contribution in [1.29, 1.82) is 10.5 Å². The van der Waals surface area contributed by atoms with Gasteiger partial charge in [0, 0.05) is 5.56 Å². The van der Waals surface area contributed by atoms with E-state index in [1.54, 1.807) is 6.07 Å². The number of carboxylic acid groups (broad SMARTS) is 1. The van der Waals surface area contributed by atoms with Crippen LogP contribution in [0.3, 0.4) is 0 Å². The fourth-order valence-electron chi connectivity index (χ4n) is 2.38. The zero-order valence-corrected chi connectivity index (χ0v) is 14.2. The van der Waals surface area contributed by atoms with Crippen LogP contribution in [0.2, 0.25) is 0 Å². The number of tetrazole rings is 1. The molecule has 0 atom stereocenters. The molecule has 3 aromatic rings. The number of carboxylic acids is 1. The number of aromatic carboxylic acids is 1. The summed E-state index contributed by atoms with van der Waals surface area (Å²) in [6, 6.07) is 9.49. The number of aromatic amines is 2. The molecule has 11 heteroatoms. The summed E-state index contributed by atoms with van der Waals surface area (Å²) in [5.41, 5.74) is -0.539. The third-order valence-corrected chi connectivity index (χ3v) is 4.54. The van der Waals surface area contributed by atoms with Crippen LogP contribution < -0.4 is 5.56 Å². The van der Waals surface area contributed by atoms with Crippen molar-refractivity contribution in [3.8, 4) is 23.3 Å². The third-order valence-electron chi connectivity index (χ3n) is 3.54. The summed E-state index contributed by atoms with van der Waals surface area (Å²) in [6.07, 6.45) is 0. The number of pyridine rings is 1. The minimum Gasteiger partial charge on any atom is -0.478 e. The summed E-state index contributed by atoms with van der Waals surface area (Å²) in [7, 11) is 0. The number of thioether (sulfide) groups is 1. The first kappa shape index (κ1) is 17.8. The van der Waals surface area contributed by atoms with Gasteiger partial charge in [0.15, 0.2) is 5.82 Å². The normalized spacial score (nSPS) is 10.1. The zero-order valence-electron chi connectivity index (χ0n) is 13.4. The van der Waals surface area contributed by atoms with Crippen molar-refractivity contribution in [3.63, 3.8) is 0 Å². The molecule has 0 spiro atoms. The van der Waals surface area contributed by atoms with Gasteiger partial charge in [-0.2, -0.15) is 15.7 Å². The molecule has 0 saturated carbocycles. The van der Waals surface area contributed by atoms with E-state index in [0.717, 1.165) is 11.8 Å². The van der Waals surface area contributed by atoms with E-state index < -0.39 is 11.5 Å². The first-order valence-corrected chi connectivity index (χ1v) is 8.33. The lowest BCUT2D eigenvalue weighted by atomic mass is 9.96. The number of nitrogens with zero attached hydrogens (tertiary/aromatic N) is 5. The Morgan fingerprint density at radius 1 is 1.26 bits per heavy atom. The lowest BCUT2D eigenvalue weighted by Gasteiger charge is -2.11. The van der Waals surface area contributed by atoms with Crippen molar-refractivity contribution in [2.75, 3.05) is 0 Å². The van der Waals surface area contributed by atoms with Gasteiger partial charge in [0.25, 0.3) is 5.56 Å². The first-order valence-electron chi connectivity index (χ1n) is 7.34. The van der Waals surface area contributed by atoms with E-state index in [1.807, 2.05) is 6.07 Å². The summed E-state index contributed by atoms with van der Waals surface area (Å²) in [4.78, 5) is 26.1. The molecule has 0 radical (unpaired) electrons. The maximum Gasteiger partial charge on any atom is 0.335 e. The fourth-order valence-corrected chi connectivity index (χ4v) is 3.23. The van der Waals surface area contributed by atoms with E-state index in [9.17, 15) is 25.2 Å². The molecule has 0 unspecified atom stereocenters. The molecule has 2 aromatic heterocycles. The summed E-state index contributed by atoms with van der Waals surface area (Å²) in [6.45, 7) is 0. The number of carbonyl (C=O) groups is 1. The van der Waals surface area contributed by atoms with Crippen molar-refractivity contribution >= 4 is 17.7 Å². The van der Waals surface area contributed by atoms with E-state index in [0.29, 0.717) is 5.82 Å².